The molecule has 0 atom stereocenters. The number of rotatable bonds is 4. The number of ether oxygens (including phenoxy) is 2. The Morgan fingerprint density at radius 1 is 1.11 bits per heavy atom. The number of fused-ring (bicyclic) bond motifs is 3. The highest BCUT2D eigenvalue weighted by atomic mass is 16.7. The number of carbonyl (C=O) groups excluding carboxylic acids is 1. The molecule has 2 aliphatic rings. The first-order chi connectivity index (χ1) is 13.1. The number of nitrogens with one attached hydrogen (secondary N) is 1. The molecule has 0 aromatic heterocycles. The normalized spacial score (nSPS) is 10.9. The van der Waals surface area contributed by atoms with Gasteiger partial charge in [-0.25, -0.2) is 4.79 Å². The lowest BCUT2D eigenvalue weighted by molar-refractivity contribution is 0.0379. The minimum atomic E-state index is -0.677. The van der Waals surface area contributed by atoms with Crippen molar-refractivity contribution < 1.29 is 19.1 Å². The zero-order valence-electron chi connectivity index (χ0n) is 14.6. The third-order valence-corrected chi connectivity index (χ3v) is 4.18. The number of hydrogen-bond acceptors (Lipinski definition) is 6. The van der Waals surface area contributed by atoms with Crippen molar-refractivity contribution >= 4 is 16.9 Å². The van der Waals surface area contributed by atoms with Crippen molar-refractivity contribution in [2.24, 2.45) is 0 Å². The summed E-state index contributed by atoms with van der Waals surface area (Å²) in [6.07, 6.45) is 1.51. The van der Waals surface area contributed by atoms with Crippen LogP contribution in [-0.2, 0) is 0 Å². The quantitative estimate of drug-likeness (QED) is 0.595. The Bertz CT molecular complexity index is 1160. The third-order valence-electron chi connectivity index (χ3n) is 4.18. The van der Waals surface area contributed by atoms with Crippen LogP contribution in [0, 0.1) is 0 Å². The van der Waals surface area contributed by atoms with Crippen LogP contribution in [0.1, 0.15) is 10.4 Å². The second-order valence-electron chi connectivity index (χ2n) is 5.73. The van der Waals surface area contributed by atoms with Gasteiger partial charge in [-0.3, -0.25) is 4.79 Å². The van der Waals surface area contributed by atoms with Crippen molar-refractivity contribution in [2.45, 2.75) is 0 Å². The molecule has 0 radical (unpaired) electrons. The average Bonchev–Trinajstić information content (AvgIpc) is 3.03. The first-order valence-corrected chi connectivity index (χ1v) is 8.06. The van der Waals surface area contributed by atoms with E-state index in [2.05, 4.69) is 10.1 Å². The number of aromatic nitrogens is 3. The molecule has 0 unspecified atom stereocenters. The molecule has 1 N–H and O–H groups in total. The van der Waals surface area contributed by atoms with Gasteiger partial charge in [0, 0.05) is 17.6 Å². The van der Waals surface area contributed by atoms with E-state index in [0.717, 1.165) is 0 Å². The van der Waals surface area contributed by atoms with Crippen molar-refractivity contribution in [1.82, 2.24) is 14.9 Å². The maximum Gasteiger partial charge on any atom is 0.365 e. The van der Waals surface area contributed by atoms with Gasteiger partial charge in [0.25, 0.3) is 0 Å². The highest BCUT2D eigenvalue weighted by Crippen LogP contribution is 2.34. The first-order valence-electron chi connectivity index (χ1n) is 8.06. The molecule has 0 fully saturated rings. The second kappa shape index (κ2) is 6.49. The maximum atomic E-state index is 12.6. The molecular formula is C19H15N3O5. The standard InChI is InChI=1S/C19H15N3O5/c1-25-12-8-13-16-14(10-20-17(13)15(9-12)26-2)18(23)22(21-16)27-19(24)11-6-4-3-5-7-11/h3-10,20H,1-2H3. The minimum absolute atomic E-state index is 0.277. The lowest BCUT2D eigenvalue weighted by Gasteiger charge is -2.10. The molecular weight excluding hydrogens is 350 g/mol. The van der Waals surface area contributed by atoms with Gasteiger partial charge in [0.1, 0.15) is 17.2 Å². The number of carbonyl (C=O) groups is 1. The summed E-state index contributed by atoms with van der Waals surface area (Å²) in [6, 6.07) is 11.8. The van der Waals surface area contributed by atoms with E-state index in [-0.39, 0.29) is 5.56 Å². The summed E-state index contributed by atoms with van der Waals surface area (Å²) in [5, 5.41) is 4.79. The zero-order valence-corrected chi connectivity index (χ0v) is 14.6. The van der Waals surface area contributed by atoms with Crippen LogP contribution in [-0.4, -0.2) is 35.1 Å². The van der Waals surface area contributed by atoms with Crippen molar-refractivity contribution in [3.8, 4) is 22.8 Å². The van der Waals surface area contributed by atoms with Crippen LogP contribution in [0.4, 0.5) is 0 Å². The Hall–Kier alpha value is -3.81. The predicted molar refractivity (Wildman–Crippen MR) is 97.4 cm³/mol. The van der Waals surface area contributed by atoms with E-state index in [1.165, 1.54) is 20.4 Å². The van der Waals surface area contributed by atoms with Gasteiger partial charge in [0.05, 0.1) is 30.9 Å². The molecule has 0 saturated heterocycles. The van der Waals surface area contributed by atoms with Crippen LogP contribution >= 0.6 is 0 Å². The molecule has 2 aliphatic heterocycles. The molecule has 0 aliphatic carbocycles. The monoisotopic (exact) mass is 365 g/mol. The number of methoxy groups -OCH3 is 2. The van der Waals surface area contributed by atoms with Crippen molar-refractivity contribution in [2.75, 3.05) is 14.2 Å². The summed E-state index contributed by atoms with van der Waals surface area (Å²) in [4.78, 5) is 33.7. The SMILES string of the molecule is COc1cc(OC)c2[nH]cc3c(=O)n(OC(=O)c4ccccc4)nc-3c2c1. The van der Waals surface area contributed by atoms with Crippen LogP contribution in [0.15, 0.2) is 53.5 Å². The van der Waals surface area contributed by atoms with E-state index in [1.54, 1.807) is 42.5 Å². The van der Waals surface area contributed by atoms with E-state index in [9.17, 15) is 9.59 Å². The zero-order chi connectivity index (χ0) is 19.0. The van der Waals surface area contributed by atoms with E-state index < -0.39 is 11.5 Å². The van der Waals surface area contributed by atoms with Crippen LogP contribution in [0.3, 0.4) is 0 Å². The molecule has 8 nitrogen and oxygen atoms in total. The highest BCUT2D eigenvalue weighted by molar-refractivity contribution is 5.97. The Kier molecular flexibility index (Phi) is 4.00. The van der Waals surface area contributed by atoms with E-state index in [0.29, 0.717) is 38.5 Å². The molecule has 2 aromatic carbocycles. The lowest BCUT2D eigenvalue weighted by Crippen LogP contribution is -2.29. The first kappa shape index (κ1) is 16.6. The summed E-state index contributed by atoms with van der Waals surface area (Å²) in [6.45, 7) is 0. The summed E-state index contributed by atoms with van der Waals surface area (Å²) in [5.74, 6) is 0.405. The third kappa shape index (κ3) is 2.77. The van der Waals surface area contributed by atoms with Gasteiger partial charge in [0.2, 0.25) is 0 Å². The number of pyridine rings is 1. The second-order valence-corrected chi connectivity index (χ2v) is 5.73. The summed E-state index contributed by atoms with van der Waals surface area (Å²) < 4.78 is 10.7. The smallest absolute Gasteiger partial charge is 0.365 e. The summed E-state index contributed by atoms with van der Waals surface area (Å²) in [5.41, 5.74) is 1.06. The van der Waals surface area contributed by atoms with Crippen molar-refractivity contribution in [3.05, 3.63) is 64.6 Å². The molecule has 8 heteroatoms. The fraction of sp³-hybridized carbons (Fsp3) is 0.105. The molecule has 0 saturated carbocycles. The van der Waals surface area contributed by atoms with Crippen LogP contribution in [0.25, 0.3) is 22.2 Å². The van der Waals surface area contributed by atoms with Crippen LogP contribution in [0.5, 0.6) is 11.5 Å². The Balaban J connectivity index is 1.85. The molecule has 2 heterocycles. The molecule has 0 spiro atoms. The molecule has 136 valence electrons. The van der Waals surface area contributed by atoms with E-state index in [1.807, 2.05) is 0 Å². The van der Waals surface area contributed by atoms with Crippen molar-refractivity contribution in [3.63, 3.8) is 0 Å². The van der Waals surface area contributed by atoms with Gasteiger partial charge in [-0.05, 0) is 23.0 Å². The Morgan fingerprint density at radius 2 is 1.89 bits per heavy atom. The predicted octanol–water partition coefficient (Wildman–Crippen LogP) is 2.12. The van der Waals surface area contributed by atoms with Crippen molar-refractivity contribution in [1.29, 1.82) is 0 Å². The van der Waals surface area contributed by atoms with Gasteiger partial charge in [-0.15, -0.1) is 5.10 Å². The molecule has 0 amide bonds. The Morgan fingerprint density at radius 3 is 2.59 bits per heavy atom. The molecule has 0 bridgehead atoms. The maximum absolute atomic E-state index is 12.6. The number of benzene rings is 2. The van der Waals surface area contributed by atoms with E-state index >= 15 is 0 Å². The molecule has 2 aromatic rings. The highest BCUT2D eigenvalue weighted by Gasteiger charge is 2.23. The fourth-order valence-corrected chi connectivity index (χ4v) is 2.84. The number of H-pyrrole nitrogens is 1. The van der Waals surface area contributed by atoms with Gasteiger partial charge < -0.3 is 19.3 Å². The van der Waals surface area contributed by atoms with Gasteiger partial charge in [-0.2, -0.15) is 0 Å². The lowest BCUT2D eigenvalue weighted by atomic mass is 10.1. The van der Waals surface area contributed by atoms with Crippen LogP contribution < -0.4 is 19.9 Å². The molecule has 4 rings (SSSR count). The summed E-state index contributed by atoms with van der Waals surface area (Å²) >= 11 is 0. The fourth-order valence-electron chi connectivity index (χ4n) is 2.84. The van der Waals surface area contributed by atoms with Gasteiger partial charge in [-0.1, -0.05) is 18.2 Å². The number of hydrogen-bond donors (Lipinski definition) is 1. The number of nitrogens with zero attached hydrogens (tertiary/aromatic N) is 2. The topological polar surface area (TPSA) is 95.4 Å². The number of aromatic amines is 1. The Labute approximate surface area is 153 Å². The van der Waals surface area contributed by atoms with E-state index in [4.69, 9.17) is 14.3 Å². The van der Waals surface area contributed by atoms with Gasteiger partial charge >= 0.3 is 11.5 Å². The average molecular weight is 365 g/mol. The summed E-state index contributed by atoms with van der Waals surface area (Å²) in [7, 11) is 3.06. The van der Waals surface area contributed by atoms with Gasteiger partial charge in [0.15, 0.2) is 0 Å². The molecule has 27 heavy (non-hydrogen) atoms. The van der Waals surface area contributed by atoms with Crippen LogP contribution in [0.2, 0.25) is 0 Å². The largest absolute Gasteiger partial charge is 0.497 e. The minimum Gasteiger partial charge on any atom is -0.497 e.